The summed E-state index contributed by atoms with van der Waals surface area (Å²) in [4.78, 5) is 34.7. The topological polar surface area (TPSA) is 93.1 Å². The van der Waals surface area contributed by atoms with E-state index in [1.54, 1.807) is 0 Å². The molecule has 1 N–H and O–H groups in total. The van der Waals surface area contributed by atoms with E-state index in [0.717, 1.165) is 4.90 Å². The molecule has 2 aliphatic heterocycles. The number of hydrogen-bond acceptors (Lipinski definition) is 5. The number of ether oxygens (including phenoxy) is 2. The van der Waals surface area contributed by atoms with Crippen molar-refractivity contribution >= 4 is 18.0 Å². The van der Waals surface area contributed by atoms with Gasteiger partial charge in [0.05, 0.1) is 6.61 Å². The third kappa shape index (κ3) is 2.38. The van der Waals surface area contributed by atoms with Crippen LogP contribution in [0, 0.1) is 5.92 Å². The van der Waals surface area contributed by atoms with Crippen molar-refractivity contribution in [2.24, 2.45) is 5.92 Å². The quantitative estimate of drug-likeness (QED) is 0.562. The number of imide groups is 1. The standard InChI is InChI=1S/C10H13NO6/c12-7-1-2-8(13)11(7)9(17-10(14)15)6-3-4-16-5-6/h6,9H,1-5H2,(H,14,15). The Morgan fingerprint density at radius 2 is 2.06 bits per heavy atom. The van der Waals surface area contributed by atoms with Gasteiger partial charge >= 0.3 is 6.16 Å². The molecule has 94 valence electrons. The maximum Gasteiger partial charge on any atom is 0.507 e. The van der Waals surface area contributed by atoms with Crippen LogP contribution in [0.25, 0.3) is 0 Å². The minimum atomic E-state index is -1.49. The number of carbonyl (C=O) groups is 3. The molecule has 2 fully saturated rings. The third-order valence-corrected chi connectivity index (χ3v) is 2.93. The van der Waals surface area contributed by atoms with Gasteiger partial charge in [-0.25, -0.2) is 9.69 Å². The van der Waals surface area contributed by atoms with Gasteiger partial charge in [-0.15, -0.1) is 0 Å². The highest BCUT2D eigenvalue weighted by Crippen LogP contribution is 2.26. The highest BCUT2D eigenvalue weighted by Gasteiger charge is 2.42. The summed E-state index contributed by atoms with van der Waals surface area (Å²) in [5.41, 5.74) is 0. The van der Waals surface area contributed by atoms with Gasteiger partial charge in [0.25, 0.3) is 0 Å². The van der Waals surface area contributed by atoms with E-state index in [1.165, 1.54) is 0 Å². The molecule has 0 saturated carbocycles. The predicted molar refractivity (Wildman–Crippen MR) is 52.9 cm³/mol. The van der Waals surface area contributed by atoms with E-state index in [9.17, 15) is 14.4 Å². The van der Waals surface area contributed by atoms with E-state index >= 15 is 0 Å². The van der Waals surface area contributed by atoms with Crippen LogP contribution in [0.5, 0.6) is 0 Å². The van der Waals surface area contributed by atoms with Gasteiger partial charge in [-0.3, -0.25) is 9.59 Å². The van der Waals surface area contributed by atoms with E-state index in [2.05, 4.69) is 4.74 Å². The van der Waals surface area contributed by atoms with E-state index in [0.29, 0.717) is 19.6 Å². The second-order valence-electron chi connectivity index (χ2n) is 4.06. The Hall–Kier alpha value is -1.63. The first-order chi connectivity index (χ1) is 8.09. The van der Waals surface area contributed by atoms with Crippen molar-refractivity contribution in [3.63, 3.8) is 0 Å². The van der Waals surface area contributed by atoms with Crippen molar-refractivity contribution in [3.8, 4) is 0 Å². The Kier molecular flexibility index (Phi) is 3.28. The second-order valence-corrected chi connectivity index (χ2v) is 4.06. The largest absolute Gasteiger partial charge is 0.507 e. The zero-order chi connectivity index (χ0) is 12.4. The van der Waals surface area contributed by atoms with Crippen LogP contribution in [0.3, 0.4) is 0 Å². The number of carbonyl (C=O) groups excluding carboxylic acids is 2. The molecule has 0 radical (unpaired) electrons. The molecule has 0 aromatic heterocycles. The minimum Gasteiger partial charge on any atom is -0.450 e. The first-order valence-corrected chi connectivity index (χ1v) is 5.42. The van der Waals surface area contributed by atoms with Gasteiger partial charge in [-0.05, 0) is 6.42 Å². The predicted octanol–water partition coefficient (Wildman–Crippen LogP) is 0.193. The Balaban J connectivity index is 2.16. The van der Waals surface area contributed by atoms with Gasteiger partial charge in [0.15, 0.2) is 6.23 Å². The molecule has 0 aromatic carbocycles. The molecule has 0 aliphatic carbocycles. The first-order valence-electron chi connectivity index (χ1n) is 5.42. The summed E-state index contributed by atoms with van der Waals surface area (Å²) in [7, 11) is 0. The SMILES string of the molecule is O=C(O)OC(C1CCOC1)N1C(=O)CCC1=O. The Bertz CT molecular complexity index is 333. The van der Waals surface area contributed by atoms with Crippen molar-refractivity contribution in [1.82, 2.24) is 4.90 Å². The summed E-state index contributed by atoms with van der Waals surface area (Å²) < 4.78 is 9.81. The maximum atomic E-state index is 11.6. The Morgan fingerprint density at radius 3 is 2.53 bits per heavy atom. The summed E-state index contributed by atoms with van der Waals surface area (Å²) in [5.74, 6) is -1.03. The van der Waals surface area contributed by atoms with E-state index in [-0.39, 0.29) is 30.6 Å². The van der Waals surface area contributed by atoms with Crippen molar-refractivity contribution in [3.05, 3.63) is 0 Å². The maximum absolute atomic E-state index is 11.6. The van der Waals surface area contributed by atoms with Crippen LogP contribution in [0.15, 0.2) is 0 Å². The monoisotopic (exact) mass is 243 g/mol. The molecule has 2 amide bonds. The number of hydrogen-bond donors (Lipinski definition) is 1. The number of rotatable bonds is 3. The lowest BCUT2D eigenvalue weighted by Crippen LogP contribution is -2.46. The smallest absolute Gasteiger partial charge is 0.450 e. The van der Waals surface area contributed by atoms with Crippen LogP contribution in [-0.2, 0) is 19.1 Å². The van der Waals surface area contributed by atoms with Gasteiger partial charge in [0, 0.05) is 25.4 Å². The van der Waals surface area contributed by atoms with Gasteiger partial charge < -0.3 is 14.6 Å². The molecule has 2 heterocycles. The molecular weight excluding hydrogens is 230 g/mol. The van der Waals surface area contributed by atoms with Crippen LogP contribution >= 0.6 is 0 Å². The summed E-state index contributed by atoms with van der Waals surface area (Å²) >= 11 is 0. The highest BCUT2D eigenvalue weighted by molar-refractivity contribution is 6.02. The van der Waals surface area contributed by atoms with Crippen molar-refractivity contribution < 1.29 is 29.0 Å². The number of likely N-dealkylation sites (tertiary alicyclic amines) is 1. The van der Waals surface area contributed by atoms with Crippen LogP contribution in [0.1, 0.15) is 19.3 Å². The lowest BCUT2D eigenvalue weighted by molar-refractivity contribution is -0.154. The molecule has 2 aliphatic rings. The fourth-order valence-corrected chi connectivity index (χ4v) is 2.12. The van der Waals surface area contributed by atoms with E-state index in [1.807, 2.05) is 0 Å². The molecule has 2 unspecified atom stereocenters. The van der Waals surface area contributed by atoms with Crippen molar-refractivity contribution in [1.29, 1.82) is 0 Å². The number of amides is 2. The number of carboxylic acid groups (broad SMARTS) is 1. The average molecular weight is 243 g/mol. The van der Waals surface area contributed by atoms with Crippen LogP contribution in [-0.4, -0.2) is 47.4 Å². The lowest BCUT2D eigenvalue weighted by Gasteiger charge is -2.28. The summed E-state index contributed by atoms with van der Waals surface area (Å²) in [6, 6.07) is 0. The molecule has 2 rings (SSSR count). The summed E-state index contributed by atoms with van der Waals surface area (Å²) in [6.45, 7) is 0.787. The van der Waals surface area contributed by atoms with Gasteiger partial charge in [-0.1, -0.05) is 0 Å². The molecule has 7 nitrogen and oxygen atoms in total. The zero-order valence-electron chi connectivity index (χ0n) is 9.13. The first kappa shape index (κ1) is 11.8. The van der Waals surface area contributed by atoms with Crippen molar-refractivity contribution in [2.75, 3.05) is 13.2 Å². The molecule has 0 aromatic rings. The number of nitrogens with zero attached hydrogens (tertiary/aromatic N) is 1. The molecule has 0 spiro atoms. The summed E-state index contributed by atoms with van der Waals surface area (Å²) in [6.07, 6.45) is -1.72. The molecule has 7 heteroatoms. The molecule has 17 heavy (non-hydrogen) atoms. The van der Waals surface area contributed by atoms with Crippen molar-refractivity contribution in [2.45, 2.75) is 25.5 Å². The van der Waals surface area contributed by atoms with E-state index < -0.39 is 12.4 Å². The molecular formula is C10H13NO6. The normalized spacial score (nSPS) is 26.4. The van der Waals surface area contributed by atoms with Crippen LogP contribution in [0.2, 0.25) is 0 Å². The zero-order valence-corrected chi connectivity index (χ0v) is 9.13. The fraction of sp³-hybridized carbons (Fsp3) is 0.700. The Morgan fingerprint density at radius 1 is 1.41 bits per heavy atom. The molecule has 0 bridgehead atoms. The van der Waals surface area contributed by atoms with Gasteiger partial charge in [-0.2, -0.15) is 0 Å². The van der Waals surface area contributed by atoms with Gasteiger partial charge in [0.2, 0.25) is 11.8 Å². The minimum absolute atomic E-state index is 0.117. The third-order valence-electron chi connectivity index (χ3n) is 2.93. The van der Waals surface area contributed by atoms with Crippen LogP contribution in [0.4, 0.5) is 4.79 Å². The highest BCUT2D eigenvalue weighted by atomic mass is 16.7. The van der Waals surface area contributed by atoms with E-state index in [4.69, 9.17) is 9.84 Å². The fourth-order valence-electron chi connectivity index (χ4n) is 2.12. The van der Waals surface area contributed by atoms with Gasteiger partial charge in [0.1, 0.15) is 0 Å². The Labute approximate surface area is 97.3 Å². The summed E-state index contributed by atoms with van der Waals surface area (Å²) in [5, 5.41) is 8.66. The average Bonchev–Trinajstić information content (AvgIpc) is 2.86. The molecule has 2 atom stereocenters. The lowest BCUT2D eigenvalue weighted by atomic mass is 10.1. The second kappa shape index (κ2) is 4.70. The van der Waals surface area contributed by atoms with Crippen LogP contribution < -0.4 is 0 Å². The molecule has 2 saturated heterocycles.